The van der Waals surface area contributed by atoms with Gasteiger partial charge < -0.3 is 5.32 Å². The number of amides is 1. The highest BCUT2D eigenvalue weighted by molar-refractivity contribution is 7.91. The Morgan fingerprint density at radius 3 is 2.10 bits per heavy atom. The Hall–Kier alpha value is -2.52. The van der Waals surface area contributed by atoms with Crippen LogP contribution in [0.15, 0.2) is 76.3 Å². The summed E-state index contributed by atoms with van der Waals surface area (Å²) in [6, 6.07) is 20.9. The molecule has 1 heterocycles. The quantitative estimate of drug-likeness (QED) is 0.576. The van der Waals surface area contributed by atoms with E-state index >= 15 is 0 Å². The van der Waals surface area contributed by atoms with Crippen LogP contribution in [0.2, 0.25) is 0 Å². The van der Waals surface area contributed by atoms with Crippen LogP contribution in [0.5, 0.6) is 0 Å². The number of nitrogens with two attached hydrogens (primary N) is 1. The summed E-state index contributed by atoms with van der Waals surface area (Å²) in [5.41, 5.74) is 2.81. The minimum Gasteiger partial charge on any atom is -0.344 e. The van der Waals surface area contributed by atoms with Crippen molar-refractivity contribution in [3.8, 4) is 0 Å². The molecule has 6 nitrogen and oxygen atoms in total. The van der Waals surface area contributed by atoms with Crippen molar-refractivity contribution in [2.45, 2.75) is 16.8 Å². The number of hydrogen-bond donors (Lipinski definition) is 2. The van der Waals surface area contributed by atoms with Gasteiger partial charge in [0, 0.05) is 6.54 Å². The summed E-state index contributed by atoms with van der Waals surface area (Å²) in [4.78, 5) is 14.5. The predicted molar refractivity (Wildman–Crippen MR) is 115 cm³/mol. The van der Waals surface area contributed by atoms with E-state index in [1.807, 2.05) is 72.6 Å². The number of nitrogens with zero attached hydrogens (tertiary/aromatic N) is 1. The highest BCUT2D eigenvalue weighted by atomic mass is 32.2. The van der Waals surface area contributed by atoms with E-state index in [0.29, 0.717) is 6.54 Å². The third-order valence-corrected chi connectivity index (χ3v) is 6.78. The minimum atomic E-state index is -3.70. The number of rotatable bonds is 8. The van der Waals surface area contributed by atoms with Crippen molar-refractivity contribution in [2.75, 3.05) is 13.6 Å². The van der Waals surface area contributed by atoms with Crippen LogP contribution in [0.4, 0.5) is 0 Å². The molecule has 152 valence electrons. The fraction of sp³-hybridized carbons (Fsp3) is 0.190. The summed E-state index contributed by atoms with van der Waals surface area (Å²) in [7, 11) is -1.88. The molecule has 0 fully saturated rings. The Bertz CT molecular complexity index is 1010. The number of nitrogens with one attached hydrogen (secondary N) is 1. The standard InChI is InChI=1S/C21H23N3O3S2/c1-24(13-16-12-20(28-15-16)29(22,26)27)14-19(25)23-21(17-8-4-2-5-9-17)18-10-6-3-7-11-18/h2-12,15,21H,13-14H2,1H3,(H,23,25)(H2,22,26,27). The van der Waals surface area contributed by atoms with Gasteiger partial charge in [-0.2, -0.15) is 0 Å². The zero-order chi connectivity index (χ0) is 20.9. The normalized spacial score (nSPS) is 11.7. The molecule has 3 N–H and O–H groups in total. The van der Waals surface area contributed by atoms with Gasteiger partial charge in [0.25, 0.3) is 0 Å². The van der Waals surface area contributed by atoms with Crippen LogP contribution in [0, 0.1) is 0 Å². The van der Waals surface area contributed by atoms with Gasteiger partial charge in [0.1, 0.15) is 4.21 Å². The number of likely N-dealkylation sites (N-methyl/N-ethyl adjacent to an activating group) is 1. The fourth-order valence-corrected chi connectivity index (χ4v) is 4.68. The van der Waals surface area contributed by atoms with Crippen LogP contribution in [0.25, 0.3) is 0 Å². The molecule has 0 spiro atoms. The molecule has 3 aromatic rings. The highest BCUT2D eigenvalue weighted by Gasteiger charge is 2.18. The molecule has 0 unspecified atom stereocenters. The van der Waals surface area contributed by atoms with Crippen LogP contribution in [0.3, 0.4) is 0 Å². The molecule has 1 amide bonds. The van der Waals surface area contributed by atoms with Gasteiger partial charge >= 0.3 is 0 Å². The van der Waals surface area contributed by atoms with Crippen molar-refractivity contribution in [1.29, 1.82) is 0 Å². The second kappa shape index (κ2) is 9.32. The van der Waals surface area contributed by atoms with Crippen LogP contribution in [0.1, 0.15) is 22.7 Å². The number of carbonyl (C=O) groups excluding carboxylic acids is 1. The zero-order valence-corrected chi connectivity index (χ0v) is 17.6. The SMILES string of the molecule is CN(CC(=O)NC(c1ccccc1)c1ccccc1)Cc1csc(S(N)(=O)=O)c1. The van der Waals surface area contributed by atoms with Crippen molar-refractivity contribution in [3.05, 3.63) is 88.8 Å². The predicted octanol–water partition coefficient (Wildman–Crippen LogP) is 2.73. The highest BCUT2D eigenvalue weighted by Crippen LogP contribution is 2.22. The molecule has 3 rings (SSSR count). The lowest BCUT2D eigenvalue weighted by molar-refractivity contribution is -0.122. The molecule has 0 radical (unpaired) electrons. The molecule has 0 atom stereocenters. The first-order valence-electron chi connectivity index (χ1n) is 9.01. The van der Waals surface area contributed by atoms with Gasteiger partial charge in [0.05, 0.1) is 12.6 Å². The van der Waals surface area contributed by atoms with Crippen LogP contribution in [-0.4, -0.2) is 32.8 Å². The summed E-state index contributed by atoms with van der Waals surface area (Å²) in [5, 5.41) is 9.99. The van der Waals surface area contributed by atoms with Crippen molar-refractivity contribution < 1.29 is 13.2 Å². The van der Waals surface area contributed by atoms with Gasteiger partial charge in [-0.3, -0.25) is 9.69 Å². The second-order valence-electron chi connectivity index (χ2n) is 6.81. The lowest BCUT2D eigenvalue weighted by Gasteiger charge is -2.22. The Balaban J connectivity index is 1.66. The van der Waals surface area contributed by atoms with Crippen LogP contribution >= 0.6 is 11.3 Å². The van der Waals surface area contributed by atoms with E-state index in [1.165, 1.54) is 0 Å². The molecule has 29 heavy (non-hydrogen) atoms. The van der Waals surface area contributed by atoms with E-state index in [0.717, 1.165) is 28.0 Å². The third kappa shape index (κ3) is 5.98. The Morgan fingerprint density at radius 1 is 1.07 bits per heavy atom. The summed E-state index contributed by atoms with van der Waals surface area (Å²) < 4.78 is 22.9. The van der Waals surface area contributed by atoms with Gasteiger partial charge in [-0.25, -0.2) is 13.6 Å². The zero-order valence-electron chi connectivity index (χ0n) is 16.0. The van der Waals surface area contributed by atoms with Crippen molar-refractivity contribution >= 4 is 27.3 Å². The largest absolute Gasteiger partial charge is 0.344 e. The molecule has 1 aromatic heterocycles. The van der Waals surface area contributed by atoms with Gasteiger partial charge in [-0.15, -0.1) is 11.3 Å². The molecule has 0 aliphatic rings. The number of benzene rings is 2. The summed E-state index contributed by atoms with van der Waals surface area (Å²) in [6.07, 6.45) is 0. The molecule has 0 bridgehead atoms. The minimum absolute atomic E-state index is 0.118. The average molecular weight is 430 g/mol. The fourth-order valence-electron chi connectivity index (χ4n) is 3.05. The molecule has 0 saturated heterocycles. The molecule has 0 saturated carbocycles. The van der Waals surface area contributed by atoms with Gasteiger partial charge in [-0.05, 0) is 35.2 Å². The van der Waals surface area contributed by atoms with Crippen LogP contribution in [-0.2, 0) is 21.4 Å². The second-order valence-corrected chi connectivity index (χ2v) is 9.51. The van der Waals surface area contributed by atoms with Crippen molar-refractivity contribution in [3.63, 3.8) is 0 Å². The van der Waals surface area contributed by atoms with E-state index in [-0.39, 0.29) is 22.7 Å². The van der Waals surface area contributed by atoms with Crippen LogP contribution < -0.4 is 10.5 Å². The van der Waals surface area contributed by atoms with Gasteiger partial charge in [0.2, 0.25) is 15.9 Å². The van der Waals surface area contributed by atoms with E-state index in [4.69, 9.17) is 5.14 Å². The molecule has 2 aromatic carbocycles. The first-order chi connectivity index (χ1) is 13.8. The Labute approximate surface area is 175 Å². The summed E-state index contributed by atoms with van der Waals surface area (Å²) >= 11 is 1.08. The molecular formula is C21H23N3O3S2. The number of carbonyl (C=O) groups is 1. The van der Waals surface area contributed by atoms with E-state index in [9.17, 15) is 13.2 Å². The first-order valence-corrected chi connectivity index (χ1v) is 11.4. The van der Waals surface area contributed by atoms with E-state index in [2.05, 4.69) is 5.32 Å². The smallest absolute Gasteiger partial charge is 0.247 e. The van der Waals surface area contributed by atoms with E-state index in [1.54, 1.807) is 11.4 Å². The summed E-state index contributed by atoms with van der Waals surface area (Å²) in [5.74, 6) is -0.118. The topological polar surface area (TPSA) is 92.5 Å². The molecule has 0 aliphatic carbocycles. The molecule has 8 heteroatoms. The number of primary sulfonamides is 1. The van der Waals surface area contributed by atoms with Crippen molar-refractivity contribution in [2.24, 2.45) is 5.14 Å². The number of hydrogen-bond acceptors (Lipinski definition) is 5. The first kappa shape index (κ1) is 21.2. The monoisotopic (exact) mass is 429 g/mol. The Morgan fingerprint density at radius 2 is 1.62 bits per heavy atom. The third-order valence-electron chi connectivity index (χ3n) is 4.35. The maximum absolute atomic E-state index is 12.7. The number of sulfonamides is 1. The average Bonchev–Trinajstić information content (AvgIpc) is 3.16. The lowest BCUT2D eigenvalue weighted by atomic mass is 9.99. The maximum atomic E-state index is 12.7. The number of thiophene rings is 1. The lowest BCUT2D eigenvalue weighted by Crippen LogP contribution is -2.37. The van der Waals surface area contributed by atoms with E-state index < -0.39 is 10.0 Å². The van der Waals surface area contributed by atoms with Gasteiger partial charge in [0.15, 0.2) is 0 Å². The van der Waals surface area contributed by atoms with Crippen molar-refractivity contribution in [1.82, 2.24) is 10.2 Å². The van der Waals surface area contributed by atoms with Gasteiger partial charge in [-0.1, -0.05) is 60.7 Å². The molecular weight excluding hydrogens is 406 g/mol. The maximum Gasteiger partial charge on any atom is 0.247 e. The molecule has 0 aliphatic heterocycles. The Kier molecular flexibility index (Phi) is 6.81. The summed E-state index contributed by atoms with van der Waals surface area (Å²) in [6.45, 7) is 0.623.